The van der Waals surface area contributed by atoms with Crippen LogP contribution in [0.5, 0.6) is 0 Å². The minimum Gasteiger partial charge on any atom is -0.497 e. The van der Waals surface area contributed by atoms with E-state index in [1.165, 1.54) is 11.8 Å². The van der Waals surface area contributed by atoms with Gasteiger partial charge in [0.05, 0.1) is 7.11 Å². The van der Waals surface area contributed by atoms with Crippen molar-refractivity contribution in [2.75, 3.05) is 18.8 Å². The van der Waals surface area contributed by atoms with E-state index in [0.29, 0.717) is 22.2 Å². The Balaban J connectivity index is 2.37. The molecule has 104 valence electrons. The lowest BCUT2D eigenvalue weighted by atomic mass is 9.99. The number of thioether (sulfide) groups is 1. The predicted molar refractivity (Wildman–Crippen MR) is 77.9 cm³/mol. The molecule has 1 atom stereocenters. The summed E-state index contributed by atoms with van der Waals surface area (Å²) in [5, 5.41) is 9.78. The van der Waals surface area contributed by atoms with Crippen LogP contribution in [0.3, 0.4) is 0 Å². The van der Waals surface area contributed by atoms with Crippen LogP contribution >= 0.6 is 11.8 Å². The van der Waals surface area contributed by atoms with E-state index in [2.05, 4.69) is 21.5 Å². The van der Waals surface area contributed by atoms with Crippen LogP contribution in [0.2, 0.25) is 0 Å². The zero-order valence-corrected chi connectivity index (χ0v) is 12.1. The first-order valence-corrected chi connectivity index (χ1v) is 7.21. The van der Waals surface area contributed by atoms with Crippen LogP contribution in [0.25, 0.3) is 0 Å². The Bertz CT molecular complexity index is 580. The third kappa shape index (κ3) is 2.76. The minimum absolute atomic E-state index is 0.0552. The molecule has 0 saturated carbocycles. The molecule has 1 unspecified atom stereocenters. The lowest BCUT2D eigenvalue weighted by molar-refractivity contribution is 0.302. The lowest BCUT2D eigenvalue weighted by Gasteiger charge is -2.16. The van der Waals surface area contributed by atoms with Gasteiger partial charge in [0.15, 0.2) is 5.82 Å². The van der Waals surface area contributed by atoms with Crippen molar-refractivity contribution in [1.82, 2.24) is 9.97 Å². The van der Waals surface area contributed by atoms with Crippen LogP contribution in [-0.2, 0) is 4.74 Å². The molecule has 0 spiro atoms. The number of nitrogens with two attached hydrogens (primary N) is 1. The number of allylic oxidation sites excluding steroid dienone is 3. The topological polar surface area (TPSA) is 96.9 Å². The van der Waals surface area contributed by atoms with Crippen LogP contribution in [0.15, 0.2) is 29.0 Å². The fraction of sp³-hybridized carbons (Fsp3) is 0.308. The first kappa shape index (κ1) is 14.4. The Morgan fingerprint density at radius 1 is 1.55 bits per heavy atom. The van der Waals surface area contributed by atoms with Crippen LogP contribution in [0.1, 0.15) is 23.7 Å². The van der Waals surface area contributed by atoms with Gasteiger partial charge in [-0.2, -0.15) is 5.26 Å². The summed E-state index contributed by atoms with van der Waals surface area (Å²) < 4.78 is 5.16. The second-order valence-corrected chi connectivity index (χ2v) is 4.88. The number of anilines is 1. The first-order chi connectivity index (χ1) is 9.73. The Morgan fingerprint density at radius 3 is 2.85 bits per heavy atom. The number of methoxy groups -OCH3 is 1. The molecular formula is C13H15N5OS. The second kappa shape index (κ2) is 6.41. The summed E-state index contributed by atoms with van der Waals surface area (Å²) in [6.45, 7) is 0. The molecule has 0 amide bonds. The fourth-order valence-electron chi connectivity index (χ4n) is 1.92. The summed E-state index contributed by atoms with van der Waals surface area (Å²) in [7, 11) is 1.64. The molecule has 2 rings (SSSR count). The van der Waals surface area contributed by atoms with Crippen LogP contribution < -0.4 is 11.3 Å². The van der Waals surface area contributed by atoms with Crippen LogP contribution in [-0.4, -0.2) is 23.3 Å². The van der Waals surface area contributed by atoms with Crippen LogP contribution in [0, 0.1) is 11.3 Å². The van der Waals surface area contributed by atoms with Crippen molar-refractivity contribution in [2.45, 2.75) is 17.4 Å². The van der Waals surface area contributed by atoms with Gasteiger partial charge >= 0.3 is 0 Å². The van der Waals surface area contributed by atoms with Crippen LogP contribution in [0.4, 0.5) is 5.82 Å². The maximum Gasteiger partial charge on any atom is 0.162 e. The Kier molecular flexibility index (Phi) is 4.61. The maximum atomic E-state index is 9.15. The number of nitrogen functional groups attached to an aromatic ring is 1. The number of ether oxygens (including phenoxy) is 1. The number of nitrogens with zero attached hydrogens (tertiary/aromatic N) is 3. The molecule has 20 heavy (non-hydrogen) atoms. The number of nitriles is 1. The molecule has 3 N–H and O–H groups in total. The molecule has 6 nitrogen and oxygen atoms in total. The van der Waals surface area contributed by atoms with Gasteiger partial charge in [0, 0.05) is 5.92 Å². The molecular weight excluding hydrogens is 274 g/mol. The van der Waals surface area contributed by atoms with E-state index in [1.54, 1.807) is 7.11 Å². The summed E-state index contributed by atoms with van der Waals surface area (Å²) in [6, 6.07) is 2.07. The number of hydrogen-bond donors (Lipinski definition) is 2. The molecule has 1 heterocycles. The van der Waals surface area contributed by atoms with E-state index < -0.39 is 0 Å². The van der Waals surface area contributed by atoms with Crippen molar-refractivity contribution < 1.29 is 4.74 Å². The fourth-order valence-corrected chi connectivity index (χ4v) is 2.45. The number of aromatic nitrogens is 2. The second-order valence-electron chi connectivity index (χ2n) is 4.08. The zero-order chi connectivity index (χ0) is 14.5. The van der Waals surface area contributed by atoms with Crippen molar-refractivity contribution in [3.05, 3.63) is 35.4 Å². The smallest absolute Gasteiger partial charge is 0.162 e. The normalized spacial score (nSPS) is 17.3. The maximum absolute atomic E-state index is 9.15. The molecule has 1 aliphatic carbocycles. The highest BCUT2D eigenvalue weighted by Gasteiger charge is 2.19. The highest BCUT2D eigenvalue weighted by atomic mass is 32.2. The minimum atomic E-state index is 0.0552. The summed E-state index contributed by atoms with van der Waals surface area (Å²) >= 11 is 1.40. The van der Waals surface area contributed by atoms with Gasteiger partial charge in [-0.3, -0.25) is 0 Å². The number of nitrogens with one attached hydrogen (secondary N) is 1. The van der Waals surface area contributed by atoms with E-state index in [-0.39, 0.29) is 5.92 Å². The van der Waals surface area contributed by atoms with Crippen molar-refractivity contribution >= 4 is 17.6 Å². The highest BCUT2D eigenvalue weighted by molar-refractivity contribution is 7.98. The van der Waals surface area contributed by atoms with Gasteiger partial charge in [0.25, 0.3) is 0 Å². The molecule has 1 aromatic heterocycles. The first-order valence-electron chi connectivity index (χ1n) is 5.98. The standard InChI is InChI=1S/C13H15N5OS/c1-19-9-5-3-8(4-6-9)11-16-12(18-15)10(7-14)13(17-11)20-2/h3,5-6,8H,4,15H2,1-2H3,(H,16,17,18). The third-order valence-corrected chi connectivity index (χ3v) is 3.65. The van der Waals surface area contributed by atoms with E-state index in [0.717, 1.165) is 12.2 Å². The molecule has 0 saturated heterocycles. The lowest BCUT2D eigenvalue weighted by Crippen LogP contribution is -2.15. The van der Waals surface area contributed by atoms with Gasteiger partial charge in [0.1, 0.15) is 28.2 Å². The monoisotopic (exact) mass is 289 g/mol. The molecule has 0 bridgehead atoms. The molecule has 0 fully saturated rings. The van der Waals surface area contributed by atoms with E-state index in [4.69, 9.17) is 15.8 Å². The number of hydrazine groups is 1. The van der Waals surface area contributed by atoms with Crippen molar-refractivity contribution in [3.63, 3.8) is 0 Å². The Hall–Kier alpha value is -2.04. The average Bonchev–Trinajstić information content (AvgIpc) is 2.53. The molecule has 0 aliphatic heterocycles. The SMILES string of the molecule is COC1=CCC(c2nc(NN)c(C#N)c(SC)n2)C=C1. The summed E-state index contributed by atoms with van der Waals surface area (Å²) in [4.78, 5) is 8.80. The average molecular weight is 289 g/mol. The summed E-state index contributed by atoms with van der Waals surface area (Å²) in [6.07, 6.45) is 8.49. The van der Waals surface area contributed by atoms with Gasteiger partial charge in [-0.15, -0.1) is 11.8 Å². The third-order valence-electron chi connectivity index (χ3n) is 2.97. The van der Waals surface area contributed by atoms with Crippen molar-refractivity contribution in [1.29, 1.82) is 5.26 Å². The molecule has 1 aromatic rings. The quantitative estimate of drug-likeness (QED) is 0.378. The van der Waals surface area contributed by atoms with E-state index in [9.17, 15) is 0 Å². The van der Waals surface area contributed by atoms with Crippen molar-refractivity contribution in [2.24, 2.45) is 5.84 Å². The molecule has 0 aromatic carbocycles. The zero-order valence-electron chi connectivity index (χ0n) is 11.3. The molecule has 1 aliphatic rings. The Morgan fingerprint density at radius 2 is 2.35 bits per heavy atom. The Labute approximate surface area is 121 Å². The van der Waals surface area contributed by atoms with Crippen molar-refractivity contribution in [3.8, 4) is 6.07 Å². The number of rotatable bonds is 4. The number of hydrogen-bond acceptors (Lipinski definition) is 7. The van der Waals surface area contributed by atoms with Gasteiger partial charge in [-0.1, -0.05) is 6.08 Å². The van der Waals surface area contributed by atoms with E-state index >= 15 is 0 Å². The van der Waals surface area contributed by atoms with Gasteiger partial charge < -0.3 is 10.2 Å². The predicted octanol–water partition coefficient (Wildman–Crippen LogP) is 1.93. The van der Waals surface area contributed by atoms with Gasteiger partial charge in [-0.25, -0.2) is 15.8 Å². The van der Waals surface area contributed by atoms with E-state index in [1.807, 2.05) is 24.5 Å². The summed E-state index contributed by atoms with van der Waals surface area (Å²) in [5.41, 5.74) is 2.84. The summed E-state index contributed by atoms with van der Waals surface area (Å²) in [5.74, 6) is 7.33. The van der Waals surface area contributed by atoms with Gasteiger partial charge in [-0.05, 0) is 24.8 Å². The molecule has 7 heteroatoms. The molecule has 0 radical (unpaired) electrons. The highest BCUT2D eigenvalue weighted by Crippen LogP contribution is 2.29. The largest absolute Gasteiger partial charge is 0.497 e. The van der Waals surface area contributed by atoms with Gasteiger partial charge in [0.2, 0.25) is 0 Å².